The largest absolute Gasteiger partial charge is 0.508 e. The van der Waals surface area contributed by atoms with Gasteiger partial charge >= 0.3 is 0 Å². The second-order valence-corrected chi connectivity index (χ2v) is 2.92. The van der Waals surface area contributed by atoms with Crippen LogP contribution in [0.1, 0.15) is 12.5 Å². The normalized spacial score (nSPS) is 9.83. The van der Waals surface area contributed by atoms with Crippen LogP contribution in [0.25, 0.3) is 0 Å². The van der Waals surface area contributed by atoms with Gasteiger partial charge in [-0.25, -0.2) is 0 Å². The fraction of sp³-hybridized carbons (Fsp3) is 0.333. The van der Waals surface area contributed by atoms with Crippen LogP contribution >= 0.6 is 15.9 Å². The van der Waals surface area contributed by atoms with Crippen molar-refractivity contribution in [3.63, 3.8) is 0 Å². The third kappa shape index (κ3) is 2.14. The van der Waals surface area contributed by atoms with Crippen LogP contribution in [0.15, 0.2) is 18.2 Å². The maximum absolute atomic E-state index is 9.16. The Morgan fingerprint density at radius 3 is 2.83 bits per heavy atom. The summed E-state index contributed by atoms with van der Waals surface area (Å²) in [6.07, 6.45) is 0. The number of rotatable bonds is 3. The van der Waals surface area contributed by atoms with Crippen molar-refractivity contribution in [2.75, 3.05) is 6.61 Å². The van der Waals surface area contributed by atoms with E-state index in [1.807, 2.05) is 13.0 Å². The van der Waals surface area contributed by atoms with E-state index < -0.39 is 0 Å². The molecule has 0 heterocycles. The molecule has 1 aromatic carbocycles. The Morgan fingerprint density at radius 2 is 2.25 bits per heavy atom. The zero-order valence-electron chi connectivity index (χ0n) is 6.88. The summed E-state index contributed by atoms with van der Waals surface area (Å²) in [5, 5.41) is 9.90. The molecule has 0 unspecified atom stereocenters. The van der Waals surface area contributed by atoms with E-state index in [1.165, 1.54) is 0 Å². The van der Waals surface area contributed by atoms with Crippen molar-refractivity contribution in [3.8, 4) is 11.5 Å². The van der Waals surface area contributed by atoms with Crippen molar-refractivity contribution in [1.82, 2.24) is 0 Å². The highest BCUT2D eigenvalue weighted by atomic mass is 79.9. The van der Waals surface area contributed by atoms with E-state index in [-0.39, 0.29) is 5.75 Å². The minimum Gasteiger partial charge on any atom is -0.508 e. The van der Waals surface area contributed by atoms with Crippen molar-refractivity contribution in [2.45, 2.75) is 12.3 Å². The van der Waals surface area contributed by atoms with Crippen molar-refractivity contribution in [2.24, 2.45) is 0 Å². The Bertz CT molecular complexity index is 261. The summed E-state index contributed by atoms with van der Waals surface area (Å²) in [5.41, 5.74) is 1.05. The number of hydrogen-bond acceptors (Lipinski definition) is 2. The molecule has 12 heavy (non-hydrogen) atoms. The van der Waals surface area contributed by atoms with Gasteiger partial charge < -0.3 is 9.84 Å². The maximum Gasteiger partial charge on any atom is 0.126 e. The second-order valence-electron chi connectivity index (χ2n) is 2.36. The molecule has 2 nitrogen and oxygen atoms in total. The van der Waals surface area contributed by atoms with Gasteiger partial charge in [0.25, 0.3) is 0 Å². The van der Waals surface area contributed by atoms with Crippen LogP contribution in [0.5, 0.6) is 11.5 Å². The van der Waals surface area contributed by atoms with E-state index in [1.54, 1.807) is 12.1 Å². The first-order valence-corrected chi connectivity index (χ1v) is 4.90. The summed E-state index contributed by atoms with van der Waals surface area (Å²) in [6, 6.07) is 5.12. The molecule has 0 aliphatic carbocycles. The number of phenolic OH excluding ortho intramolecular Hbond substituents is 1. The average Bonchev–Trinajstić information content (AvgIpc) is 2.05. The number of benzene rings is 1. The molecule has 0 aliphatic heterocycles. The van der Waals surface area contributed by atoms with Crippen molar-refractivity contribution in [1.29, 1.82) is 0 Å². The Kier molecular flexibility index (Phi) is 3.41. The van der Waals surface area contributed by atoms with Gasteiger partial charge in [0.05, 0.1) is 6.61 Å². The molecule has 0 saturated heterocycles. The molecule has 0 aliphatic rings. The number of phenols is 1. The van der Waals surface area contributed by atoms with E-state index in [4.69, 9.17) is 9.84 Å². The molecule has 3 heteroatoms. The molecule has 0 amide bonds. The summed E-state index contributed by atoms with van der Waals surface area (Å²) in [4.78, 5) is 0. The molecule has 0 radical (unpaired) electrons. The van der Waals surface area contributed by atoms with E-state index in [0.717, 1.165) is 16.6 Å². The highest BCUT2D eigenvalue weighted by molar-refractivity contribution is 9.08. The Balaban J connectivity index is 2.95. The van der Waals surface area contributed by atoms with E-state index >= 15 is 0 Å². The molecule has 0 atom stereocenters. The van der Waals surface area contributed by atoms with Gasteiger partial charge in [-0.1, -0.05) is 22.0 Å². The van der Waals surface area contributed by atoms with Crippen molar-refractivity contribution >= 4 is 15.9 Å². The average molecular weight is 231 g/mol. The minimum atomic E-state index is 0.239. The van der Waals surface area contributed by atoms with Gasteiger partial charge in [-0.15, -0.1) is 0 Å². The summed E-state index contributed by atoms with van der Waals surface area (Å²) < 4.78 is 5.32. The van der Waals surface area contributed by atoms with E-state index in [0.29, 0.717) is 6.61 Å². The molecule has 66 valence electrons. The molecule has 1 aromatic rings. The highest BCUT2D eigenvalue weighted by Crippen LogP contribution is 2.25. The quantitative estimate of drug-likeness (QED) is 0.810. The zero-order chi connectivity index (χ0) is 8.97. The lowest BCUT2D eigenvalue weighted by molar-refractivity contribution is 0.335. The molecule has 1 N–H and O–H groups in total. The van der Waals surface area contributed by atoms with Gasteiger partial charge in [0.2, 0.25) is 0 Å². The molecule has 0 saturated carbocycles. The fourth-order valence-corrected chi connectivity index (χ4v) is 1.41. The van der Waals surface area contributed by atoms with Gasteiger partial charge in [0.15, 0.2) is 0 Å². The summed E-state index contributed by atoms with van der Waals surface area (Å²) in [7, 11) is 0. The maximum atomic E-state index is 9.16. The second kappa shape index (κ2) is 4.36. The standard InChI is InChI=1S/C9H11BrO2/c1-2-12-9-5-8(11)4-3-7(9)6-10/h3-5,11H,2,6H2,1H3. The monoisotopic (exact) mass is 230 g/mol. The lowest BCUT2D eigenvalue weighted by atomic mass is 10.2. The zero-order valence-corrected chi connectivity index (χ0v) is 8.47. The molecule has 0 spiro atoms. The van der Waals surface area contributed by atoms with Gasteiger partial charge in [-0.2, -0.15) is 0 Å². The molecule has 0 aromatic heterocycles. The summed E-state index contributed by atoms with van der Waals surface area (Å²) in [5.74, 6) is 0.984. The van der Waals surface area contributed by atoms with E-state index in [2.05, 4.69) is 15.9 Å². The molecular formula is C9H11BrO2. The molecule has 0 bridgehead atoms. The Labute approximate surface area is 80.3 Å². The summed E-state index contributed by atoms with van der Waals surface area (Å²) in [6.45, 7) is 2.53. The molecular weight excluding hydrogens is 220 g/mol. The fourth-order valence-electron chi connectivity index (χ4n) is 0.943. The van der Waals surface area contributed by atoms with Gasteiger partial charge in [0, 0.05) is 17.0 Å². The van der Waals surface area contributed by atoms with Crippen LogP contribution in [0.2, 0.25) is 0 Å². The number of hydrogen-bond donors (Lipinski definition) is 1. The SMILES string of the molecule is CCOc1cc(O)ccc1CBr. The number of aromatic hydroxyl groups is 1. The Hall–Kier alpha value is -0.700. The molecule has 0 fully saturated rings. The third-order valence-corrected chi connectivity index (χ3v) is 2.10. The van der Waals surface area contributed by atoms with Crippen LogP contribution in [0, 0.1) is 0 Å². The topological polar surface area (TPSA) is 29.5 Å². The first-order valence-electron chi connectivity index (χ1n) is 3.78. The first kappa shape index (κ1) is 9.39. The van der Waals surface area contributed by atoms with Crippen LogP contribution in [0.3, 0.4) is 0 Å². The lowest BCUT2D eigenvalue weighted by Gasteiger charge is -2.07. The van der Waals surface area contributed by atoms with Gasteiger partial charge in [-0.3, -0.25) is 0 Å². The third-order valence-electron chi connectivity index (χ3n) is 1.49. The lowest BCUT2D eigenvalue weighted by Crippen LogP contribution is -1.94. The number of halogens is 1. The van der Waals surface area contributed by atoms with Gasteiger partial charge in [0.1, 0.15) is 11.5 Å². The van der Waals surface area contributed by atoms with E-state index in [9.17, 15) is 0 Å². The van der Waals surface area contributed by atoms with Crippen LogP contribution in [-0.4, -0.2) is 11.7 Å². The molecule has 1 rings (SSSR count). The summed E-state index contributed by atoms with van der Waals surface area (Å²) >= 11 is 3.34. The predicted octanol–water partition coefficient (Wildman–Crippen LogP) is 2.69. The number of alkyl halides is 1. The first-order chi connectivity index (χ1) is 5.77. The predicted molar refractivity (Wildman–Crippen MR) is 51.9 cm³/mol. The smallest absolute Gasteiger partial charge is 0.126 e. The van der Waals surface area contributed by atoms with Crippen LogP contribution < -0.4 is 4.74 Å². The van der Waals surface area contributed by atoms with Crippen molar-refractivity contribution in [3.05, 3.63) is 23.8 Å². The number of ether oxygens (including phenoxy) is 1. The van der Waals surface area contributed by atoms with Gasteiger partial charge in [-0.05, 0) is 13.0 Å². The van der Waals surface area contributed by atoms with Crippen LogP contribution in [0.4, 0.5) is 0 Å². The Morgan fingerprint density at radius 1 is 1.50 bits per heavy atom. The minimum absolute atomic E-state index is 0.239. The van der Waals surface area contributed by atoms with Crippen molar-refractivity contribution < 1.29 is 9.84 Å². The highest BCUT2D eigenvalue weighted by Gasteiger charge is 2.02. The van der Waals surface area contributed by atoms with Crippen LogP contribution in [-0.2, 0) is 5.33 Å².